The van der Waals surface area contributed by atoms with E-state index >= 15 is 0 Å². The van der Waals surface area contributed by atoms with Gasteiger partial charge in [-0.3, -0.25) is 9.20 Å². The van der Waals surface area contributed by atoms with Crippen LogP contribution in [0.3, 0.4) is 0 Å². The summed E-state index contributed by atoms with van der Waals surface area (Å²) in [6, 6.07) is 10.6. The number of rotatable bonds is 4. The fourth-order valence-electron chi connectivity index (χ4n) is 3.33. The number of hydrogen-bond donors (Lipinski definition) is 3. The van der Waals surface area contributed by atoms with Gasteiger partial charge in [0.2, 0.25) is 5.82 Å². The quantitative estimate of drug-likeness (QED) is 0.535. The molecule has 1 aliphatic rings. The molecule has 0 atom stereocenters. The smallest absolute Gasteiger partial charge is 0.293 e. The molecule has 10 heteroatoms. The van der Waals surface area contributed by atoms with Gasteiger partial charge >= 0.3 is 0 Å². The molecule has 1 aliphatic heterocycles. The van der Waals surface area contributed by atoms with E-state index in [1.54, 1.807) is 28.8 Å². The number of imidazole rings is 1. The highest BCUT2D eigenvalue weighted by molar-refractivity contribution is 7.91. The van der Waals surface area contributed by atoms with Crippen LogP contribution in [0.4, 0.5) is 11.6 Å². The van der Waals surface area contributed by atoms with E-state index in [0.717, 1.165) is 16.1 Å². The molecule has 0 unspecified atom stereocenters. The lowest BCUT2D eigenvalue weighted by atomic mass is 10.3. The zero-order chi connectivity index (χ0) is 19.7. The first-order valence-electron chi connectivity index (χ1n) is 8.95. The molecule has 0 radical (unpaired) electrons. The normalized spacial score (nSPS) is 16.9. The third-order valence-corrected chi connectivity index (χ3v) is 6.44. The summed E-state index contributed by atoms with van der Waals surface area (Å²) < 4.78 is 25.0. The summed E-state index contributed by atoms with van der Waals surface area (Å²) in [7, 11) is -2.92. The minimum absolute atomic E-state index is 0.183. The number of fused-ring (bicyclic) bond motifs is 1. The molecule has 28 heavy (non-hydrogen) atoms. The van der Waals surface area contributed by atoms with E-state index in [9.17, 15) is 13.2 Å². The van der Waals surface area contributed by atoms with Crippen LogP contribution in [0.2, 0.25) is 0 Å². The second kappa shape index (κ2) is 7.21. The Morgan fingerprint density at radius 3 is 2.68 bits per heavy atom. The van der Waals surface area contributed by atoms with Crippen LogP contribution in [0, 0.1) is 0 Å². The second-order valence-corrected chi connectivity index (χ2v) is 9.12. The Balaban J connectivity index is 1.60. The van der Waals surface area contributed by atoms with Crippen LogP contribution in [0.5, 0.6) is 0 Å². The molecule has 1 saturated heterocycles. The van der Waals surface area contributed by atoms with Crippen LogP contribution < -0.4 is 16.0 Å². The minimum Gasteiger partial charge on any atom is -0.384 e. The highest BCUT2D eigenvalue weighted by Crippen LogP contribution is 2.15. The summed E-state index contributed by atoms with van der Waals surface area (Å²) in [4.78, 5) is 22.6. The van der Waals surface area contributed by atoms with Gasteiger partial charge in [0.25, 0.3) is 5.91 Å². The highest BCUT2D eigenvalue weighted by Gasteiger charge is 2.27. The molecule has 0 saturated carbocycles. The lowest BCUT2D eigenvalue weighted by molar-refractivity contribution is -0.910. The number of hydrogen-bond acceptors (Lipinski definition) is 6. The summed E-state index contributed by atoms with van der Waals surface area (Å²) in [5.41, 5.74) is 7.25. The van der Waals surface area contributed by atoms with Crippen molar-refractivity contribution in [2.75, 3.05) is 35.6 Å². The summed E-state index contributed by atoms with van der Waals surface area (Å²) in [5, 5.41) is 2.72. The van der Waals surface area contributed by atoms with Crippen LogP contribution in [0.25, 0.3) is 5.52 Å². The molecule has 4 rings (SSSR count). The zero-order valence-electron chi connectivity index (χ0n) is 15.1. The Morgan fingerprint density at radius 1 is 1.14 bits per heavy atom. The van der Waals surface area contributed by atoms with Gasteiger partial charge in [0, 0.05) is 6.20 Å². The molecule has 1 amide bonds. The lowest BCUT2D eigenvalue weighted by Crippen LogP contribution is -3.13. The van der Waals surface area contributed by atoms with E-state index in [0.29, 0.717) is 31.3 Å². The van der Waals surface area contributed by atoms with Crippen molar-refractivity contribution in [2.24, 2.45) is 0 Å². The number of quaternary nitrogens is 1. The number of aromatic nitrogens is 3. The monoisotopic (exact) mass is 401 g/mol. The first kappa shape index (κ1) is 18.4. The molecule has 0 bridgehead atoms. The number of nitrogen functional groups attached to an aromatic ring is 1. The van der Waals surface area contributed by atoms with Crippen LogP contribution >= 0.6 is 0 Å². The van der Waals surface area contributed by atoms with Crippen molar-refractivity contribution in [3.63, 3.8) is 0 Å². The zero-order valence-corrected chi connectivity index (χ0v) is 15.9. The van der Waals surface area contributed by atoms with Gasteiger partial charge in [-0.15, -0.1) is 0 Å². The Kier molecular flexibility index (Phi) is 4.73. The SMILES string of the molecule is Nc1cccc(NC(=O)c2nc(C[NH+]3CCS(=O)(=O)CC3)c3ccccn23)n1. The Bertz CT molecular complexity index is 1130. The first-order valence-corrected chi connectivity index (χ1v) is 10.8. The van der Waals surface area contributed by atoms with Gasteiger partial charge in [-0.2, -0.15) is 0 Å². The van der Waals surface area contributed by atoms with Crippen molar-refractivity contribution in [1.29, 1.82) is 0 Å². The Labute approximate surface area is 162 Å². The summed E-state index contributed by atoms with van der Waals surface area (Å²) in [5.74, 6) is 0.896. The molecule has 4 N–H and O–H groups in total. The third-order valence-electron chi connectivity index (χ3n) is 4.79. The maximum Gasteiger partial charge on any atom is 0.293 e. The van der Waals surface area contributed by atoms with Crippen molar-refractivity contribution in [3.8, 4) is 0 Å². The summed E-state index contributed by atoms with van der Waals surface area (Å²) in [6.45, 7) is 1.65. The Hall–Kier alpha value is -2.98. The molecule has 9 nitrogen and oxygen atoms in total. The third kappa shape index (κ3) is 3.82. The van der Waals surface area contributed by atoms with Gasteiger partial charge < -0.3 is 16.0 Å². The van der Waals surface area contributed by atoms with Crippen molar-refractivity contribution < 1.29 is 18.1 Å². The number of anilines is 2. The van der Waals surface area contributed by atoms with Crippen LogP contribution in [0.1, 0.15) is 16.3 Å². The molecule has 3 aromatic rings. The number of carbonyl (C=O) groups is 1. The van der Waals surface area contributed by atoms with E-state index in [-0.39, 0.29) is 23.2 Å². The van der Waals surface area contributed by atoms with Crippen molar-refractivity contribution in [1.82, 2.24) is 14.4 Å². The second-order valence-electron chi connectivity index (χ2n) is 6.82. The van der Waals surface area contributed by atoms with E-state index in [2.05, 4.69) is 15.3 Å². The topological polar surface area (TPSA) is 124 Å². The molecule has 4 heterocycles. The van der Waals surface area contributed by atoms with Gasteiger partial charge in [0.1, 0.15) is 23.9 Å². The van der Waals surface area contributed by atoms with Crippen LogP contribution in [0.15, 0.2) is 42.6 Å². The van der Waals surface area contributed by atoms with E-state index in [1.807, 2.05) is 18.2 Å². The molecular formula is C18H21N6O3S+. The van der Waals surface area contributed by atoms with Crippen molar-refractivity contribution >= 4 is 32.9 Å². The number of nitrogens with zero attached hydrogens (tertiary/aromatic N) is 3. The van der Waals surface area contributed by atoms with Crippen LogP contribution in [-0.2, 0) is 16.4 Å². The standard InChI is InChI=1S/C18H20N6O3S/c19-15-5-3-6-16(21-15)22-18(25)17-20-13(14-4-1-2-7-24(14)17)12-23-8-10-28(26,27)11-9-23/h1-7H,8-12H2,(H3,19,21,22,25)/p+1. The summed E-state index contributed by atoms with van der Waals surface area (Å²) in [6.07, 6.45) is 1.78. The van der Waals surface area contributed by atoms with Gasteiger partial charge in [-0.05, 0) is 24.3 Å². The van der Waals surface area contributed by atoms with Crippen molar-refractivity contribution in [3.05, 3.63) is 54.1 Å². The van der Waals surface area contributed by atoms with Gasteiger partial charge in [0.15, 0.2) is 9.84 Å². The predicted octanol–water partition coefficient (Wildman–Crippen LogP) is -0.623. The first-order chi connectivity index (χ1) is 13.4. The number of nitrogens with two attached hydrogens (primary N) is 1. The number of amides is 1. The fraction of sp³-hybridized carbons (Fsp3) is 0.278. The van der Waals surface area contributed by atoms with E-state index in [1.165, 1.54) is 0 Å². The predicted molar refractivity (Wildman–Crippen MR) is 105 cm³/mol. The van der Waals surface area contributed by atoms with E-state index in [4.69, 9.17) is 5.73 Å². The molecule has 1 fully saturated rings. The molecule has 0 spiro atoms. The van der Waals surface area contributed by atoms with E-state index < -0.39 is 9.84 Å². The summed E-state index contributed by atoms with van der Waals surface area (Å²) >= 11 is 0. The largest absolute Gasteiger partial charge is 0.384 e. The highest BCUT2D eigenvalue weighted by atomic mass is 32.2. The average Bonchev–Trinajstić information content (AvgIpc) is 3.02. The van der Waals surface area contributed by atoms with Crippen LogP contribution in [-0.4, -0.2) is 53.3 Å². The Morgan fingerprint density at radius 2 is 1.93 bits per heavy atom. The molecule has 0 aliphatic carbocycles. The lowest BCUT2D eigenvalue weighted by Gasteiger charge is -2.22. The minimum atomic E-state index is -2.92. The molecular weight excluding hydrogens is 380 g/mol. The molecule has 0 aromatic carbocycles. The number of nitrogens with one attached hydrogen (secondary N) is 2. The molecule has 146 valence electrons. The maximum atomic E-state index is 12.8. The number of sulfone groups is 1. The van der Waals surface area contributed by atoms with Gasteiger partial charge in [0.05, 0.1) is 30.1 Å². The molecule has 3 aromatic heterocycles. The fourth-order valence-corrected chi connectivity index (χ4v) is 4.73. The van der Waals surface area contributed by atoms with Gasteiger partial charge in [-0.1, -0.05) is 12.1 Å². The van der Waals surface area contributed by atoms with Crippen molar-refractivity contribution in [2.45, 2.75) is 6.54 Å². The number of carbonyl (C=O) groups excluding carboxylic acids is 1. The van der Waals surface area contributed by atoms with Gasteiger partial charge in [-0.25, -0.2) is 18.4 Å². The maximum absolute atomic E-state index is 12.8. The average molecular weight is 401 g/mol. The number of pyridine rings is 2.